The van der Waals surface area contributed by atoms with Crippen LogP contribution in [0.2, 0.25) is 5.02 Å². The first-order valence-corrected chi connectivity index (χ1v) is 7.04. The third-order valence-corrected chi connectivity index (χ3v) is 4.58. The van der Waals surface area contributed by atoms with E-state index < -0.39 is 0 Å². The van der Waals surface area contributed by atoms with Gasteiger partial charge in [0.05, 0.1) is 22.6 Å². The molecule has 0 aliphatic rings. The van der Waals surface area contributed by atoms with Crippen LogP contribution in [-0.4, -0.2) is 12.1 Å². The molecule has 0 amide bonds. The lowest BCUT2D eigenvalue weighted by atomic mass is 10.2. The molecule has 0 saturated heterocycles. The zero-order valence-electron chi connectivity index (χ0n) is 9.73. The van der Waals surface area contributed by atoms with Gasteiger partial charge >= 0.3 is 0 Å². The molecule has 92 valence electrons. The van der Waals surface area contributed by atoms with Crippen LogP contribution in [-0.2, 0) is 0 Å². The average Bonchev–Trinajstić information content (AvgIpc) is 2.71. The van der Waals surface area contributed by atoms with Crippen LogP contribution in [0, 0.1) is 17.6 Å². The molecule has 0 atom stereocenters. The van der Waals surface area contributed by atoms with Crippen LogP contribution in [0.1, 0.15) is 5.69 Å². The maximum absolute atomic E-state index is 8.71. The molecular weight excluding hydrogens is 288 g/mol. The van der Waals surface area contributed by atoms with Gasteiger partial charge in [-0.15, -0.1) is 11.3 Å². The van der Waals surface area contributed by atoms with Crippen LogP contribution in [0.3, 0.4) is 0 Å². The number of aryl methyl sites for hydroxylation is 1. The minimum atomic E-state index is 0.621. The fourth-order valence-corrected chi connectivity index (χ4v) is 3.26. The number of thiazole rings is 1. The monoisotopic (exact) mass is 296 g/mol. The number of methoxy groups -OCH3 is 1. The maximum atomic E-state index is 8.71. The van der Waals surface area contributed by atoms with Gasteiger partial charge in [-0.1, -0.05) is 11.6 Å². The van der Waals surface area contributed by atoms with Gasteiger partial charge in [0.1, 0.15) is 16.2 Å². The summed E-state index contributed by atoms with van der Waals surface area (Å²) in [5, 5.41) is 12.2. The minimum Gasteiger partial charge on any atom is -0.496 e. The van der Waals surface area contributed by atoms with Crippen LogP contribution in [0.25, 0.3) is 10.6 Å². The first-order chi connectivity index (χ1) is 8.65. The molecule has 6 heteroatoms. The molecule has 3 nitrogen and oxygen atoms in total. The molecule has 2 aromatic rings. The standard InChI is InChI=1S/C12H9ClN2OS2/c1-7-12(17-6-14)18-11(15-7)9-4-3-8(13)5-10(9)16-2/h3-5H,1-2H3. The van der Waals surface area contributed by atoms with Gasteiger partial charge in [-0.05, 0) is 25.1 Å². The number of thiocyanates is 1. The number of benzene rings is 1. The van der Waals surface area contributed by atoms with E-state index in [0.29, 0.717) is 10.8 Å². The third-order valence-electron chi connectivity index (χ3n) is 2.29. The summed E-state index contributed by atoms with van der Waals surface area (Å²) in [6.07, 6.45) is 0. The average molecular weight is 297 g/mol. The highest BCUT2D eigenvalue weighted by atomic mass is 35.5. The zero-order valence-corrected chi connectivity index (χ0v) is 12.1. The summed E-state index contributed by atoms with van der Waals surface area (Å²) in [6, 6.07) is 5.43. The van der Waals surface area contributed by atoms with Crippen LogP contribution in [0.15, 0.2) is 22.4 Å². The molecular formula is C12H9ClN2OS2. The molecule has 1 heterocycles. The van der Waals surface area contributed by atoms with Crippen molar-refractivity contribution in [3.63, 3.8) is 0 Å². The van der Waals surface area contributed by atoms with E-state index in [4.69, 9.17) is 21.6 Å². The van der Waals surface area contributed by atoms with E-state index in [2.05, 4.69) is 10.4 Å². The second kappa shape index (κ2) is 5.61. The fraction of sp³-hybridized carbons (Fsp3) is 0.167. The molecule has 0 aliphatic heterocycles. The van der Waals surface area contributed by atoms with E-state index in [1.165, 1.54) is 11.3 Å². The molecule has 0 radical (unpaired) electrons. The molecule has 0 saturated carbocycles. The Hall–Kier alpha value is -1.22. The molecule has 0 N–H and O–H groups in total. The Morgan fingerprint density at radius 3 is 2.94 bits per heavy atom. The molecule has 0 fully saturated rings. The van der Waals surface area contributed by atoms with E-state index >= 15 is 0 Å². The third kappa shape index (κ3) is 2.61. The van der Waals surface area contributed by atoms with Crippen molar-refractivity contribution < 1.29 is 4.74 Å². The molecule has 18 heavy (non-hydrogen) atoms. The predicted molar refractivity (Wildman–Crippen MR) is 75.3 cm³/mol. The van der Waals surface area contributed by atoms with Gasteiger partial charge in [-0.2, -0.15) is 5.26 Å². The Balaban J connectivity index is 2.49. The van der Waals surface area contributed by atoms with Gasteiger partial charge < -0.3 is 4.74 Å². The van der Waals surface area contributed by atoms with E-state index in [0.717, 1.165) is 32.2 Å². The van der Waals surface area contributed by atoms with Crippen LogP contribution >= 0.6 is 34.7 Å². The van der Waals surface area contributed by atoms with Crippen LogP contribution in [0.4, 0.5) is 0 Å². The molecule has 0 bridgehead atoms. The highest BCUT2D eigenvalue weighted by molar-refractivity contribution is 8.05. The lowest BCUT2D eigenvalue weighted by Gasteiger charge is -2.05. The number of aromatic nitrogens is 1. The lowest BCUT2D eigenvalue weighted by Crippen LogP contribution is -1.87. The van der Waals surface area contributed by atoms with Gasteiger partial charge in [0, 0.05) is 16.8 Å². The number of rotatable bonds is 3. The van der Waals surface area contributed by atoms with E-state index in [1.54, 1.807) is 19.2 Å². The fourth-order valence-electron chi connectivity index (χ4n) is 1.48. The highest BCUT2D eigenvalue weighted by Gasteiger charge is 2.14. The Morgan fingerprint density at radius 1 is 1.50 bits per heavy atom. The number of nitriles is 1. The Bertz CT molecular complexity index is 619. The number of ether oxygens (including phenoxy) is 1. The lowest BCUT2D eigenvalue weighted by molar-refractivity contribution is 0.416. The van der Waals surface area contributed by atoms with Crippen molar-refractivity contribution in [1.82, 2.24) is 4.98 Å². The van der Waals surface area contributed by atoms with Crippen molar-refractivity contribution in [2.75, 3.05) is 7.11 Å². The normalized spacial score (nSPS) is 10.1. The van der Waals surface area contributed by atoms with Crippen molar-refractivity contribution in [2.45, 2.75) is 11.1 Å². The minimum absolute atomic E-state index is 0.621. The van der Waals surface area contributed by atoms with Crippen molar-refractivity contribution in [1.29, 1.82) is 5.26 Å². The number of halogens is 1. The van der Waals surface area contributed by atoms with E-state index in [-0.39, 0.29) is 0 Å². The Kier molecular flexibility index (Phi) is 4.12. The topological polar surface area (TPSA) is 45.9 Å². The molecule has 0 spiro atoms. The highest BCUT2D eigenvalue weighted by Crippen LogP contribution is 2.38. The summed E-state index contributed by atoms with van der Waals surface area (Å²) < 4.78 is 6.21. The first-order valence-electron chi connectivity index (χ1n) is 5.03. The second-order valence-electron chi connectivity index (χ2n) is 3.43. The summed E-state index contributed by atoms with van der Waals surface area (Å²) in [6.45, 7) is 1.89. The molecule has 0 unspecified atom stereocenters. The van der Waals surface area contributed by atoms with E-state index in [1.807, 2.05) is 13.0 Å². The second-order valence-corrected chi connectivity index (χ2v) is 5.92. The quantitative estimate of drug-likeness (QED) is 0.624. The van der Waals surface area contributed by atoms with Crippen molar-refractivity contribution in [3.05, 3.63) is 28.9 Å². The molecule has 2 rings (SSSR count). The number of hydrogen-bond donors (Lipinski definition) is 0. The Morgan fingerprint density at radius 2 is 2.28 bits per heavy atom. The first kappa shape index (κ1) is 13.2. The van der Waals surface area contributed by atoms with Gasteiger partial charge in [0.15, 0.2) is 0 Å². The smallest absolute Gasteiger partial charge is 0.139 e. The van der Waals surface area contributed by atoms with Crippen molar-refractivity contribution in [3.8, 4) is 21.7 Å². The van der Waals surface area contributed by atoms with Gasteiger partial charge in [-0.3, -0.25) is 0 Å². The van der Waals surface area contributed by atoms with Gasteiger partial charge in [0.2, 0.25) is 0 Å². The van der Waals surface area contributed by atoms with Crippen molar-refractivity contribution >= 4 is 34.7 Å². The molecule has 1 aromatic heterocycles. The van der Waals surface area contributed by atoms with Crippen LogP contribution < -0.4 is 4.74 Å². The Labute approximate surface area is 118 Å². The number of hydrogen-bond acceptors (Lipinski definition) is 5. The van der Waals surface area contributed by atoms with Crippen LogP contribution in [0.5, 0.6) is 5.75 Å². The summed E-state index contributed by atoms with van der Waals surface area (Å²) >= 11 is 8.53. The number of nitrogens with zero attached hydrogens (tertiary/aromatic N) is 2. The van der Waals surface area contributed by atoms with Gasteiger partial charge in [-0.25, -0.2) is 4.98 Å². The summed E-state index contributed by atoms with van der Waals surface area (Å²) in [4.78, 5) is 4.46. The predicted octanol–water partition coefficient (Wildman–Crippen LogP) is 4.35. The largest absolute Gasteiger partial charge is 0.496 e. The summed E-state index contributed by atoms with van der Waals surface area (Å²) in [5.74, 6) is 0.685. The molecule has 1 aromatic carbocycles. The van der Waals surface area contributed by atoms with Gasteiger partial charge in [0.25, 0.3) is 0 Å². The molecule has 0 aliphatic carbocycles. The van der Waals surface area contributed by atoms with E-state index in [9.17, 15) is 0 Å². The maximum Gasteiger partial charge on any atom is 0.139 e. The number of thioether (sulfide) groups is 1. The summed E-state index contributed by atoms with van der Waals surface area (Å²) in [5.41, 5.74) is 1.75. The SMILES string of the molecule is COc1cc(Cl)ccc1-c1nc(C)c(SC#N)s1. The zero-order chi connectivity index (χ0) is 13.1. The summed E-state index contributed by atoms with van der Waals surface area (Å²) in [7, 11) is 1.60. The van der Waals surface area contributed by atoms with Crippen molar-refractivity contribution in [2.24, 2.45) is 0 Å².